The van der Waals surface area contributed by atoms with Crippen LogP contribution in [-0.4, -0.2) is 10.7 Å². The van der Waals surface area contributed by atoms with E-state index in [1.54, 1.807) is 30.3 Å². The monoisotopic (exact) mass is 252 g/mol. The molecule has 2 N–H and O–H groups in total. The molecule has 0 fully saturated rings. The van der Waals surface area contributed by atoms with Crippen molar-refractivity contribution < 1.29 is 4.84 Å². The molecular weight excluding hydrogens is 240 g/mol. The Kier molecular flexibility index (Phi) is 4.09. The summed E-state index contributed by atoms with van der Waals surface area (Å²) in [5.74, 6) is 0.425. The summed E-state index contributed by atoms with van der Waals surface area (Å²) in [6, 6.07) is 16.4. The van der Waals surface area contributed by atoms with E-state index in [0.29, 0.717) is 17.1 Å². The fourth-order valence-corrected chi connectivity index (χ4v) is 1.48. The molecule has 0 radical (unpaired) electrons. The van der Waals surface area contributed by atoms with Crippen molar-refractivity contribution in [2.45, 2.75) is 6.61 Å². The van der Waals surface area contributed by atoms with Crippen LogP contribution in [0.2, 0.25) is 0 Å². The highest BCUT2D eigenvalue weighted by Crippen LogP contribution is 2.04. The maximum atomic E-state index is 9.02. The third-order valence-electron chi connectivity index (χ3n) is 2.35. The minimum Gasteiger partial charge on any atom is -0.388 e. The predicted molar refractivity (Wildman–Crippen MR) is 72.0 cm³/mol. The number of hydrogen-bond acceptors (Lipinski definition) is 5. The number of rotatable bonds is 4. The van der Waals surface area contributed by atoms with E-state index < -0.39 is 0 Å². The van der Waals surface area contributed by atoms with Crippen molar-refractivity contribution in [3.8, 4) is 6.07 Å². The Morgan fingerprint density at radius 3 is 2.68 bits per heavy atom. The van der Waals surface area contributed by atoms with Crippen LogP contribution in [0.4, 0.5) is 5.82 Å². The molecule has 0 spiro atoms. The molecular formula is C14H12N4O. The van der Waals surface area contributed by atoms with E-state index >= 15 is 0 Å². The molecule has 0 aliphatic carbocycles. The minimum absolute atomic E-state index is 0.170. The number of oxime groups is 1. The van der Waals surface area contributed by atoms with E-state index in [4.69, 9.17) is 15.8 Å². The van der Waals surface area contributed by atoms with Gasteiger partial charge in [0.15, 0.2) is 12.3 Å². The smallest absolute Gasteiger partial charge is 0.186 e. The third-order valence-corrected chi connectivity index (χ3v) is 2.35. The molecule has 19 heavy (non-hydrogen) atoms. The SMILES string of the molecule is N#CC(=NOCc1cccc(N)n1)c1ccccc1. The van der Waals surface area contributed by atoms with Crippen LogP contribution in [0.5, 0.6) is 0 Å². The zero-order valence-corrected chi connectivity index (χ0v) is 10.2. The molecule has 1 heterocycles. The Morgan fingerprint density at radius 2 is 2.00 bits per heavy atom. The standard InChI is InChI=1S/C14H12N4O/c15-9-13(11-5-2-1-3-6-11)18-19-10-12-7-4-8-14(16)17-12/h1-8H,10H2,(H2,16,17). The number of benzene rings is 1. The van der Waals surface area contributed by atoms with Gasteiger partial charge in [-0.2, -0.15) is 5.26 Å². The fraction of sp³-hybridized carbons (Fsp3) is 0.0714. The van der Waals surface area contributed by atoms with Gasteiger partial charge in [-0.05, 0) is 12.1 Å². The fourth-order valence-electron chi connectivity index (χ4n) is 1.48. The first-order valence-electron chi connectivity index (χ1n) is 5.66. The number of aromatic nitrogens is 1. The average Bonchev–Trinajstić information content (AvgIpc) is 2.45. The van der Waals surface area contributed by atoms with Gasteiger partial charge in [-0.3, -0.25) is 0 Å². The Hall–Kier alpha value is -2.87. The number of hydrogen-bond donors (Lipinski definition) is 1. The normalized spacial score (nSPS) is 10.8. The highest BCUT2D eigenvalue weighted by Gasteiger charge is 2.02. The van der Waals surface area contributed by atoms with Crippen LogP contribution in [0, 0.1) is 11.3 Å². The zero-order valence-electron chi connectivity index (χ0n) is 10.2. The molecule has 2 rings (SSSR count). The van der Waals surface area contributed by atoms with Gasteiger partial charge >= 0.3 is 0 Å². The maximum absolute atomic E-state index is 9.02. The summed E-state index contributed by atoms with van der Waals surface area (Å²) < 4.78 is 0. The van der Waals surface area contributed by atoms with E-state index in [0.717, 1.165) is 0 Å². The van der Waals surface area contributed by atoms with Crippen LogP contribution in [0.1, 0.15) is 11.3 Å². The van der Waals surface area contributed by atoms with Crippen molar-refractivity contribution in [3.05, 3.63) is 59.8 Å². The summed E-state index contributed by atoms with van der Waals surface area (Å²) in [5.41, 5.74) is 7.15. The summed E-state index contributed by atoms with van der Waals surface area (Å²) in [7, 11) is 0. The summed E-state index contributed by atoms with van der Waals surface area (Å²) >= 11 is 0. The lowest BCUT2D eigenvalue weighted by Crippen LogP contribution is -2.00. The van der Waals surface area contributed by atoms with E-state index in [9.17, 15) is 0 Å². The van der Waals surface area contributed by atoms with Crippen LogP contribution in [0.25, 0.3) is 0 Å². The first-order chi connectivity index (χ1) is 9.29. The molecule has 0 unspecified atom stereocenters. The molecule has 1 aromatic carbocycles. The van der Waals surface area contributed by atoms with Gasteiger partial charge in [0.25, 0.3) is 0 Å². The quantitative estimate of drug-likeness (QED) is 0.667. The number of anilines is 1. The molecule has 0 amide bonds. The topological polar surface area (TPSA) is 84.3 Å². The van der Waals surface area contributed by atoms with Gasteiger partial charge in [-0.1, -0.05) is 41.6 Å². The first-order valence-corrected chi connectivity index (χ1v) is 5.66. The average molecular weight is 252 g/mol. The molecule has 0 aliphatic heterocycles. The summed E-state index contributed by atoms with van der Waals surface area (Å²) in [6.07, 6.45) is 0. The highest BCUT2D eigenvalue weighted by molar-refractivity contribution is 6.11. The maximum Gasteiger partial charge on any atom is 0.186 e. The molecule has 0 bridgehead atoms. The summed E-state index contributed by atoms with van der Waals surface area (Å²) in [4.78, 5) is 9.20. The molecule has 5 nitrogen and oxygen atoms in total. The predicted octanol–water partition coefficient (Wildman–Crippen LogP) is 2.11. The first kappa shape index (κ1) is 12.6. The van der Waals surface area contributed by atoms with E-state index in [-0.39, 0.29) is 12.3 Å². The lowest BCUT2D eigenvalue weighted by atomic mass is 10.1. The Balaban J connectivity index is 2.04. The largest absolute Gasteiger partial charge is 0.388 e. The van der Waals surface area contributed by atoms with Crippen LogP contribution >= 0.6 is 0 Å². The third kappa shape index (κ3) is 3.54. The van der Waals surface area contributed by atoms with Crippen LogP contribution in [0.3, 0.4) is 0 Å². The molecule has 0 saturated carbocycles. The van der Waals surface area contributed by atoms with Gasteiger partial charge in [0.1, 0.15) is 11.9 Å². The molecule has 5 heteroatoms. The molecule has 0 aliphatic rings. The van der Waals surface area contributed by atoms with E-state index in [1.165, 1.54) is 0 Å². The van der Waals surface area contributed by atoms with Crippen LogP contribution in [0.15, 0.2) is 53.7 Å². The molecule has 0 saturated heterocycles. The van der Waals surface area contributed by atoms with Crippen molar-refractivity contribution in [2.75, 3.05) is 5.73 Å². The lowest BCUT2D eigenvalue weighted by Gasteiger charge is -2.01. The second-order valence-electron chi connectivity index (χ2n) is 3.74. The second kappa shape index (κ2) is 6.17. The van der Waals surface area contributed by atoms with Gasteiger partial charge in [0.2, 0.25) is 0 Å². The van der Waals surface area contributed by atoms with Crippen molar-refractivity contribution in [1.29, 1.82) is 5.26 Å². The summed E-state index contributed by atoms with van der Waals surface area (Å²) in [6.45, 7) is 0.170. The van der Waals surface area contributed by atoms with Crippen molar-refractivity contribution in [2.24, 2.45) is 5.16 Å². The van der Waals surface area contributed by atoms with Gasteiger partial charge in [0, 0.05) is 5.56 Å². The Labute approximate surface area is 110 Å². The number of nitrogens with zero attached hydrogens (tertiary/aromatic N) is 3. The van der Waals surface area contributed by atoms with E-state index in [1.807, 2.05) is 24.3 Å². The van der Waals surface area contributed by atoms with Gasteiger partial charge < -0.3 is 10.6 Å². The number of nitrogens with two attached hydrogens (primary N) is 1. The van der Waals surface area contributed by atoms with Gasteiger partial charge in [0.05, 0.1) is 5.69 Å². The highest BCUT2D eigenvalue weighted by atomic mass is 16.6. The van der Waals surface area contributed by atoms with E-state index in [2.05, 4.69) is 10.1 Å². The lowest BCUT2D eigenvalue weighted by molar-refractivity contribution is 0.128. The van der Waals surface area contributed by atoms with Gasteiger partial charge in [-0.15, -0.1) is 0 Å². The molecule has 2 aromatic rings. The Morgan fingerprint density at radius 1 is 1.21 bits per heavy atom. The van der Waals surface area contributed by atoms with Gasteiger partial charge in [-0.25, -0.2) is 4.98 Å². The van der Waals surface area contributed by atoms with Crippen molar-refractivity contribution in [3.63, 3.8) is 0 Å². The number of pyridine rings is 1. The second-order valence-corrected chi connectivity index (χ2v) is 3.74. The number of nitriles is 1. The number of nitrogen functional groups attached to an aromatic ring is 1. The molecule has 94 valence electrons. The summed E-state index contributed by atoms with van der Waals surface area (Å²) in [5, 5.41) is 12.8. The zero-order chi connectivity index (χ0) is 13.5. The molecule has 0 atom stereocenters. The minimum atomic E-state index is 0.170. The Bertz CT molecular complexity index is 617. The molecule has 1 aromatic heterocycles. The van der Waals surface area contributed by atoms with Crippen LogP contribution in [-0.2, 0) is 11.4 Å². The van der Waals surface area contributed by atoms with Crippen molar-refractivity contribution in [1.82, 2.24) is 4.98 Å². The van der Waals surface area contributed by atoms with Crippen molar-refractivity contribution >= 4 is 11.5 Å². The van der Waals surface area contributed by atoms with Crippen LogP contribution < -0.4 is 5.73 Å².